The maximum atomic E-state index is 12.6. The summed E-state index contributed by atoms with van der Waals surface area (Å²) in [5, 5.41) is 7.96. The molecule has 150 valence electrons. The largest absolute Gasteiger partial charge is 0.344 e. The number of rotatable bonds is 7. The number of nitrogens with one attached hydrogen (secondary N) is 3. The van der Waals surface area contributed by atoms with Crippen LogP contribution in [0.25, 0.3) is 0 Å². The van der Waals surface area contributed by atoms with Crippen molar-refractivity contribution in [2.75, 3.05) is 6.54 Å². The zero-order valence-corrected chi connectivity index (χ0v) is 16.6. The molecular weight excluding hydrogens is 366 g/mol. The van der Waals surface area contributed by atoms with E-state index in [4.69, 9.17) is 0 Å². The molecule has 0 radical (unpaired) electrons. The van der Waals surface area contributed by atoms with Gasteiger partial charge in [0.2, 0.25) is 17.7 Å². The summed E-state index contributed by atoms with van der Waals surface area (Å²) >= 11 is 0. The third-order valence-corrected chi connectivity index (χ3v) is 4.09. The smallest absolute Gasteiger partial charge is 0.243 e. The van der Waals surface area contributed by atoms with Crippen molar-refractivity contribution in [1.82, 2.24) is 16.0 Å². The standard InChI is InChI=1S/C23H25N3O3/c1-17(22(28)24-15-9-14-19-10-5-3-6-11-19)25-23(29)21(26-18(2)27)16-20-12-7-4-8-13-20/h3-8,10-13,17,21H,15-16H2,1-2H3,(H,24,28)(H,25,29)(H,26,27)/t17-,21-/m0/s1. The van der Waals surface area contributed by atoms with E-state index in [2.05, 4.69) is 27.8 Å². The van der Waals surface area contributed by atoms with E-state index >= 15 is 0 Å². The quantitative estimate of drug-likeness (QED) is 0.624. The molecule has 3 N–H and O–H groups in total. The van der Waals surface area contributed by atoms with Gasteiger partial charge >= 0.3 is 0 Å². The Labute approximate surface area is 171 Å². The summed E-state index contributed by atoms with van der Waals surface area (Å²) in [4.78, 5) is 36.3. The summed E-state index contributed by atoms with van der Waals surface area (Å²) in [6.07, 6.45) is 0.336. The lowest BCUT2D eigenvalue weighted by Gasteiger charge is -2.20. The monoisotopic (exact) mass is 391 g/mol. The van der Waals surface area contributed by atoms with Gasteiger partial charge in [0.1, 0.15) is 12.1 Å². The van der Waals surface area contributed by atoms with Gasteiger partial charge in [0.25, 0.3) is 0 Å². The molecule has 0 saturated heterocycles. The Morgan fingerprint density at radius 1 is 0.897 bits per heavy atom. The lowest BCUT2D eigenvalue weighted by Crippen LogP contribution is -2.53. The minimum Gasteiger partial charge on any atom is -0.344 e. The SMILES string of the molecule is CC(=O)N[C@@H](Cc1ccccc1)C(=O)N[C@@H](C)C(=O)NCC#Cc1ccccc1. The third-order valence-electron chi connectivity index (χ3n) is 4.09. The highest BCUT2D eigenvalue weighted by molar-refractivity contribution is 5.91. The van der Waals surface area contributed by atoms with Gasteiger partial charge in [0, 0.05) is 18.9 Å². The molecule has 0 aromatic heterocycles. The normalized spacial score (nSPS) is 11.9. The average molecular weight is 391 g/mol. The van der Waals surface area contributed by atoms with E-state index in [1.165, 1.54) is 6.92 Å². The molecule has 0 fully saturated rings. The predicted octanol–water partition coefficient (Wildman–Crippen LogP) is 1.41. The molecule has 6 heteroatoms. The first-order chi connectivity index (χ1) is 14.0. The summed E-state index contributed by atoms with van der Waals surface area (Å²) in [5.74, 6) is 4.75. The van der Waals surface area contributed by atoms with Gasteiger partial charge < -0.3 is 16.0 Å². The first-order valence-electron chi connectivity index (χ1n) is 9.38. The minimum absolute atomic E-state index is 0.174. The second kappa shape index (κ2) is 11.3. The highest BCUT2D eigenvalue weighted by atomic mass is 16.2. The van der Waals surface area contributed by atoms with Crippen LogP contribution in [0.2, 0.25) is 0 Å². The number of benzene rings is 2. The Hall–Kier alpha value is -3.59. The second-order valence-corrected chi connectivity index (χ2v) is 6.56. The van der Waals surface area contributed by atoms with Gasteiger partial charge in [-0.05, 0) is 24.6 Å². The van der Waals surface area contributed by atoms with Gasteiger partial charge in [-0.2, -0.15) is 0 Å². The molecule has 2 aromatic carbocycles. The summed E-state index contributed by atoms with van der Waals surface area (Å²) in [7, 11) is 0. The zero-order valence-electron chi connectivity index (χ0n) is 16.6. The lowest BCUT2D eigenvalue weighted by atomic mass is 10.0. The van der Waals surface area contributed by atoms with E-state index in [1.807, 2.05) is 60.7 Å². The molecule has 3 amide bonds. The van der Waals surface area contributed by atoms with Crippen molar-refractivity contribution in [2.45, 2.75) is 32.4 Å². The number of carbonyl (C=O) groups excluding carboxylic acids is 3. The fourth-order valence-corrected chi connectivity index (χ4v) is 2.64. The molecule has 0 bridgehead atoms. The topological polar surface area (TPSA) is 87.3 Å². The summed E-state index contributed by atoms with van der Waals surface area (Å²) < 4.78 is 0. The number of hydrogen-bond acceptors (Lipinski definition) is 3. The molecule has 0 saturated carbocycles. The van der Waals surface area contributed by atoms with Crippen molar-refractivity contribution in [3.05, 3.63) is 71.8 Å². The van der Waals surface area contributed by atoms with E-state index < -0.39 is 18.0 Å². The Kier molecular flexibility index (Phi) is 8.46. The van der Waals surface area contributed by atoms with Crippen LogP contribution < -0.4 is 16.0 Å². The van der Waals surface area contributed by atoms with Crippen molar-refractivity contribution in [3.8, 4) is 11.8 Å². The maximum Gasteiger partial charge on any atom is 0.243 e. The van der Waals surface area contributed by atoms with E-state index in [0.29, 0.717) is 6.42 Å². The Morgan fingerprint density at radius 2 is 1.52 bits per heavy atom. The fraction of sp³-hybridized carbons (Fsp3) is 0.261. The van der Waals surface area contributed by atoms with Gasteiger partial charge in [0.15, 0.2) is 0 Å². The van der Waals surface area contributed by atoms with Crippen LogP contribution in [0.15, 0.2) is 60.7 Å². The molecule has 2 aromatic rings. The molecule has 0 spiro atoms. The van der Waals surface area contributed by atoms with Crippen molar-refractivity contribution in [3.63, 3.8) is 0 Å². The van der Waals surface area contributed by atoms with Crippen LogP contribution in [0.5, 0.6) is 0 Å². The molecule has 0 aliphatic carbocycles. The summed E-state index contributed by atoms with van der Waals surface area (Å²) in [6, 6.07) is 17.3. The fourth-order valence-electron chi connectivity index (χ4n) is 2.64. The van der Waals surface area contributed by atoms with Gasteiger partial charge in [-0.15, -0.1) is 0 Å². The van der Waals surface area contributed by atoms with Crippen molar-refractivity contribution < 1.29 is 14.4 Å². The molecule has 2 atom stereocenters. The van der Waals surface area contributed by atoms with E-state index in [9.17, 15) is 14.4 Å². The van der Waals surface area contributed by atoms with Crippen LogP contribution in [-0.4, -0.2) is 36.3 Å². The molecule has 29 heavy (non-hydrogen) atoms. The Balaban J connectivity index is 1.87. The van der Waals surface area contributed by atoms with Gasteiger partial charge in [-0.3, -0.25) is 14.4 Å². The van der Waals surface area contributed by atoms with Gasteiger partial charge in [-0.1, -0.05) is 60.4 Å². The first-order valence-corrected chi connectivity index (χ1v) is 9.38. The molecule has 0 heterocycles. The van der Waals surface area contributed by atoms with Crippen LogP contribution in [0.4, 0.5) is 0 Å². The van der Waals surface area contributed by atoms with E-state index in [0.717, 1.165) is 11.1 Å². The second-order valence-electron chi connectivity index (χ2n) is 6.56. The average Bonchev–Trinajstić information content (AvgIpc) is 2.71. The van der Waals surface area contributed by atoms with E-state index in [-0.39, 0.29) is 18.4 Å². The predicted molar refractivity (Wildman–Crippen MR) is 112 cm³/mol. The van der Waals surface area contributed by atoms with E-state index in [1.54, 1.807) is 6.92 Å². The Morgan fingerprint density at radius 3 is 2.14 bits per heavy atom. The zero-order chi connectivity index (χ0) is 21.1. The van der Waals surface area contributed by atoms with Gasteiger partial charge in [-0.25, -0.2) is 0 Å². The van der Waals surface area contributed by atoms with Crippen LogP contribution >= 0.6 is 0 Å². The molecular formula is C23H25N3O3. The van der Waals surface area contributed by atoms with Crippen molar-refractivity contribution >= 4 is 17.7 Å². The van der Waals surface area contributed by atoms with Crippen LogP contribution in [0.3, 0.4) is 0 Å². The van der Waals surface area contributed by atoms with Crippen LogP contribution in [0, 0.1) is 11.8 Å². The third kappa shape index (κ3) is 7.89. The summed E-state index contributed by atoms with van der Waals surface area (Å²) in [5.41, 5.74) is 1.77. The molecule has 6 nitrogen and oxygen atoms in total. The van der Waals surface area contributed by atoms with Crippen molar-refractivity contribution in [2.24, 2.45) is 0 Å². The highest BCUT2D eigenvalue weighted by Gasteiger charge is 2.23. The van der Waals surface area contributed by atoms with Crippen molar-refractivity contribution in [1.29, 1.82) is 0 Å². The number of amides is 3. The lowest BCUT2D eigenvalue weighted by molar-refractivity contribution is -0.131. The molecule has 0 unspecified atom stereocenters. The van der Waals surface area contributed by atoms with Crippen LogP contribution in [0.1, 0.15) is 25.0 Å². The van der Waals surface area contributed by atoms with Crippen LogP contribution in [-0.2, 0) is 20.8 Å². The highest BCUT2D eigenvalue weighted by Crippen LogP contribution is 2.04. The number of carbonyl (C=O) groups is 3. The minimum atomic E-state index is -0.761. The van der Waals surface area contributed by atoms with Gasteiger partial charge in [0.05, 0.1) is 6.54 Å². The molecule has 0 aliphatic heterocycles. The maximum absolute atomic E-state index is 12.6. The summed E-state index contributed by atoms with van der Waals surface area (Å²) in [6.45, 7) is 3.12. The number of hydrogen-bond donors (Lipinski definition) is 3. The molecule has 2 rings (SSSR count). The Bertz CT molecular complexity index is 886. The first kappa shape index (κ1) is 21.7. The molecule has 0 aliphatic rings.